The SMILES string of the molecule is Cc1cc(=O)oc2cc(OCCC3CO3)ccc12. The minimum atomic E-state index is -0.330. The fourth-order valence-electron chi connectivity index (χ4n) is 1.94. The van der Waals surface area contributed by atoms with Gasteiger partial charge in [-0.15, -0.1) is 0 Å². The van der Waals surface area contributed by atoms with Gasteiger partial charge in [0.15, 0.2) is 0 Å². The van der Waals surface area contributed by atoms with Crippen molar-refractivity contribution in [1.82, 2.24) is 0 Å². The minimum absolute atomic E-state index is 0.330. The highest BCUT2D eigenvalue weighted by molar-refractivity contribution is 5.81. The lowest BCUT2D eigenvalue weighted by molar-refractivity contribution is 0.283. The van der Waals surface area contributed by atoms with Crippen molar-refractivity contribution in [3.8, 4) is 5.75 Å². The molecule has 0 amide bonds. The van der Waals surface area contributed by atoms with E-state index >= 15 is 0 Å². The van der Waals surface area contributed by atoms with Crippen molar-refractivity contribution in [2.75, 3.05) is 13.2 Å². The first-order valence-electron chi connectivity index (χ1n) is 6.01. The number of hydrogen-bond donors (Lipinski definition) is 0. The first-order valence-corrected chi connectivity index (χ1v) is 6.01. The minimum Gasteiger partial charge on any atom is -0.493 e. The summed E-state index contributed by atoms with van der Waals surface area (Å²) >= 11 is 0. The van der Waals surface area contributed by atoms with Crippen LogP contribution in [0.25, 0.3) is 11.0 Å². The molecule has 3 rings (SSSR count). The van der Waals surface area contributed by atoms with Crippen molar-refractivity contribution in [2.24, 2.45) is 0 Å². The Labute approximate surface area is 104 Å². The van der Waals surface area contributed by atoms with Crippen LogP contribution in [0.4, 0.5) is 0 Å². The van der Waals surface area contributed by atoms with Gasteiger partial charge in [0.2, 0.25) is 0 Å². The predicted octanol–water partition coefficient (Wildman–Crippen LogP) is 2.27. The van der Waals surface area contributed by atoms with Crippen molar-refractivity contribution in [3.05, 3.63) is 40.2 Å². The monoisotopic (exact) mass is 246 g/mol. The fraction of sp³-hybridized carbons (Fsp3) is 0.357. The molecule has 4 nitrogen and oxygen atoms in total. The van der Waals surface area contributed by atoms with E-state index in [2.05, 4.69) is 0 Å². The fourth-order valence-corrected chi connectivity index (χ4v) is 1.94. The Morgan fingerprint density at radius 2 is 2.22 bits per heavy atom. The highest BCUT2D eigenvalue weighted by atomic mass is 16.6. The van der Waals surface area contributed by atoms with E-state index in [-0.39, 0.29) is 5.63 Å². The Bertz CT molecular complexity index is 625. The molecular weight excluding hydrogens is 232 g/mol. The number of ether oxygens (including phenoxy) is 2. The van der Waals surface area contributed by atoms with Gasteiger partial charge in [-0.25, -0.2) is 4.79 Å². The van der Waals surface area contributed by atoms with E-state index in [9.17, 15) is 4.79 Å². The molecule has 1 unspecified atom stereocenters. The zero-order valence-electron chi connectivity index (χ0n) is 10.1. The molecule has 1 aromatic heterocycles. The average molecular weight is 246 g/mol. The Morgan fingerprint density at radius 1 is 1.39 bits per heavy atom. The molecule has 0 aliphatic carbocycles. The summed E-state index contributed by atoms with van der Waals surface area (Å²) in [6.07, 6.45) is 1.26. The number of aryl methyl sites for hydroxylation is 1. The van der Waals surface area contributed by atoms with Gasteiger partial charge in [0, 0.05) is 23.9 Å². The molecule has 2 heterocycles. The predicted molar refractivity (Wildman–Crippen MR) is 67.1 cm³/mol. The Morgan fingerprint density at radius 3 is 3.00 bits per heavy atom. The molecule has 0 N–H and O–H groups in total. The third-order valence-corrected chi connectivity index (χ3v) is 3.03. The smallest absolute Gasteiger partial charge is 0.336 e. The second-order valence-corrected chi connectivity index (χ2v) is 4.50. The molecule has 1 atom stereocenters. The van der Waals surface area contributed by atoms with Crippen LogP contribution >= 0.6 is 0 Å². The quantitative estimate of drug-likeness (QED) is 0.613. The van der Waals surface area contributed by atoms with E-state index in [0.29, 0.717) is 18.3 Å². The summed E-state index contributed by atoms with van der Waals surface area (Å²) in [6, 6.07) is 7.06. The molecule has 0 spiro atoms. The second-order valence-electron chi connectivity index (χ2n) is 4.50. The van der Waals surface area contributed by atoms with Gasteiger partial charge < -0.3 is 13.9 Å². The third-order valence-electron chi connectivity index (χ3n) is 3.03. The van der Waals surface area contributed by atoms with Gasteiger partial charge in [0.25, 0.3) is 0 Å². The molecule has 2 aromatic rings. The topological polar surface area (TPSA) is 52.0 Å². The van der Waals surface area contributed by atoms with Gasteiger partial charge in [-0.3, -0.25) is 0 Å². The lowest BCUT2D eigenvalue weighted by Crippen LogP contribution is -2.02. The summed E-state index contributed by atoms with van der Waals surface area (Å²) in [5, 5.41) is 0.937. The standard InChI is InChI=1S/C14H14O4/c1-9-6-14(15)18-13-7-10(2-3-12(9)13)16-5-4-11-8-17-11/h2-3,6-7,11H,4-5,8H2,1H3. The normalized spacial score (nSPS) is 17.9. The highest BCUT2D eigenvalue weighted by Gasteiger charge is 2.21. The van der Waals surface area contributed by atoms with Crippen LogP contribution in [0, 0.1) is 6.92 Å². The van der Waals surface area contributed by atoms with Gasteiger partial charge in [0.1, 0.15) is 11.3 Å². The van der Waals surface area contributed by atoms with Crippen LogP contribution in [-0.2, 0) is 4.74 Å². The number of fused-ring (bicyclic) bond motifs is 1. The summed E-state index contributed by atoms with van der Waals surface area (Å²) in [4.78, 5) is 11.3. The van der Waals surface area contributed by atoms with Crippen molar-refractivity contribution in [1.29, 1.82) is 0 Å². The summed E-state index contributed by atoms with van der Waals surface area (Å²) < 4.78 is 15.9. The van der Waals surface area contributed by atoms with E-state index < -0.39 is 0 Å². The van der Waals surface area contributed by atoms with Gasteiger partial charge in [-0.2, -0.15) is 0 Å². The molecule has 1 aliphatic heterocycles. The molecular formula is C14H14O4. The lowest BCUT2D eigenvalue weighted by Gasteiger charge is -2.06. The van der Waals surface area contributed by atoms with Gasteiger partial charge in [-0.05, 0) is 24.6 Å². The molecule has 0 radical (unpaired) electrons. The molecule has 18 heavy (non-hydrogen) atoms. The van der Waals surface area contributed by atoms with Gasteiger partial charge in [-0.1, -0.05) is 0 Å². The second kappa shape index (κ2) is 4.46. The maximum absolute atomic E-state index is 11.3. The van der Waals surface area contributed by atoms with Crippen LogP contribution in [0.3, 0.4) is 0 Å². The van der Waals surface area contributed by atoms with E-state index in [4.69, 9.17) is 13.9 Å². The average Bonchev–Trinajstić information content (AvgIpc) is 3.12. The van der Waals surface area contributed by atoms with E-state index in [1.54, 1.807) is 6.07 Å². The molecule has 1 fully saturated rings. The van der Waals surface area contributed by atoms with Crippen LogP contribution in [0.2, 0.25) is 0 Å². The number of epoxide rings is 1. The zero-order valence-corrected chi connectivity index (χ0v) is 10.1. The van der Waals surface area contributed by atoms with Crippen LogP contribution in [0.15, 0.2) is 33.5 Å². The molecule has 0 saturated carbocycles. The Kier molecular flexibility index (Phi) is 2.80. The number of rotatable bonds is 4. The summed E-state index contributed by atoms with van der Waals surface area (Å²) in [5.41, 5.74) is 1.16. The van der Waals surface area contributed by atoms with Crippen LogP contribution in [-0.4, -0.2) is 19.3 Å². The van der Waals surface area contributed by atoms with Crippen LogP contribution in [0.1, 0.15) is 12.0 Å². The van der Waals surface area contributed by atoms with Crippen molar-refractivity contribution >= 4 is 11.0 Å². The zero-order chi connectivity index (χ0) is 12.5. The molecule has 1 aromatic carbocycles. The van der Waals surface area contributed by atoms with E-state index in [1.165, 1.54) is 6.07 Å². The van der Waals surface area contributed by atoms with Gasteiger partial charge >= 0.3 is 5.63 Å². The Balaban J connectivity index is 1.82. The first kappa shape index (κ1) is 11.3. The summed E-state index contributed by atoms with van der Waals surface area (Å²) in [6.45, 7) is 3.35. The van der Waals surface area contributed by atoms with Crippen molar-refractivity contribution in [3.63, 3.8) is 0 Å². The molecule has 0 bridgehead atoms. The van der Waals surface area contributed by atoms with Crippen LogP contribution < -0.4 is 10.4 Å². The Hall–Kier alpha value is -1.81. The molecule has 94 valence electrons. The van der Waals surface area contributed by atoms with E-state index in [1.807, 2.05) is 19.1 Å². The van der Waals surface area contributed by atoms with Crippen molar-refractivity contribution in [2.45, 2.75) is 19.4 Å². The maximum Gasteiger partial charge on any atom is 0.336 e. The number of hydrogen-bond acceptors (Lipinski definition) is 4. The molecule has 1 aliphatic rings. The number of benzene rings is 1. The first-order chi connectivity index (χ1) is 8.72. The van der Waals surface area contributed by atoms with E-state index in [0.717, 1.165) is 29.7 Å². The maximum atomic E-state index is 11.3. The third kappa shape index (κ3) is 2.38. The van der Waals surface area contributed by atoms with Gasteiger partial charge in [0.05, 0.1) is 19.3 Å². The van der Waals surface area contributed by atoms with Crippen molar-refractivity contribution < 1.29 is 13.9 Å². The summed E-state index contributed by atoms with van der Waals surface area (Å²) in [5.74, 6) is 0.719. The summed E-state index contributed by atoms with van der Waals surface area (Å²) in [7, 11) is 0. The largest absolute Gasteiger partial charge is 0.493 e. The lowest BCUT2D eigenvalue weighted by atomic mass is 10.1. The van der Waals surface area contributed by atoms with Crippen LogP contribution in [0.5, 0.6) is 5.75 Å². The highest BCUT2D eigenvalue weighted by Crippen LogP contribution is 2.23. The molecule has 4 heteroatoms. The molecule has 1 saturated heterocycles.